The monoisotopic (exact) mass is 1230 g/mol. The Morgan fingerprint density at radius 2 is 1.60 bits per heavy atom. The van der Waals surface area contributed by atoms with Crippen molar-refractivity contribution in [3.8, 4) is 5.75 Å². The minimum Gasteiger partial charge on any atom is -0.482 e. The van der Waals surface area contributed by atoms with E-state index in [-0.39, 0.29) is 102 Å². The largest absolute Gasteiger partial charge is 0.482 e. The van der Waals surface area contributed by atoms with Gasteiger partial charge in [-0.05, 0) is 198 Å². The number of carbonyl (C=O) groups is 2. The molecule has 16 atom stereocenters. The second-order valence-corrected chi connectivity index (χ2v) is 29.2. The van der Waals surface area contributed by atoms with Crippen LogP contribution in [0.5, 0.6) is 5.75 Å². The van der Waals surface area contributed by atoms with Crippen molar-refractivity contribution in [3.63, 3.8) is 0 Å². The van der Waals surface area contributed by atoms with E-state index in [2.05, 4.69) is 134 Å². The molecule has 8 bridgehead atoms. The van der Waals surface area contributed by atoms with E-state index in [1.54, 1.807) is 6.92 Å². The summed E-state index contributed by atoms with van der Waals surface area (Å²) in [6.07, 6.45) is 27.0. The van der Waals surface area contributed by atoms with Crippen molar-refractivity contribution in [2.24, 2.45) is 35.0 Å². The number of esters is 2. The molecule has 4 aliphatic heterocycles. The van der Waals surface area contributed by atoms with Crippen molar-refractivity contribution in [2.75, 3.05) is 26.9 Å². The lowest BCUT2D eigenvalue weighted by Gasteiger charge is -2.56. The molecule has 5 aromatic carbocycles. The van der Waals surface area contributed by atoms with Crippen molar-refractivity contribution in [1.82, 2.24) is 0 Å². The average Bonchev–Trinajstić information content (AvgIpc) is 1.27. The summed E-state index contributed by atoms with van der Waals surface area (Å²) in [5.74, 6) is -0.936. The molecule has 92 heavy (non-hydrogen) atoms. The van der Waals surface area contributed by atoms with Gasteiger partial charge in [-0.15, -0.1) is 0 Å². The molecule has 11 heteroatoms. The first-order valence-corrected chi connectivity index (χ1v) is 34.4. The number of rotatable bonds is 8. The summed E-state index contributed by atoms with van der Waals surface area (Å²) in [5, 5.41) is 33.3. The summed E-state index contributed by atoms with van der Waals surface area (Å²) in [7, 11) is 1.53. The molecule has 11 nitrogen and oxygen atoms in total. The number of ether oxygens (including phenoxy) is 4. The normalized spacial score (nSPS) is 34.0. The zero-order valence-electron chi connectivity index (χ0n) is 52.7. The highest BCUT2D eigenvalue weighted by Crippen LogP contribution is 2.71. The Morgan fingerprint density at radius 3 is 2.46 bits per heavy atom. The molecule has 12 aliphatic rings. The van der Waals surface area contributed by atoms with Crippen molar-refractivity contribution >= 4 is 35.1 Å². The van der Waals surface area contributed by atoms with Gasteiger partial charge in [0.1, 0.15) is 11.3 Å². The van der Waals surface area contributed by atoms with Crippen molar-refractivity contribution in [2.45, 2.75) is 162 Å². The molecule has 5 heterocycles. The van der Waals surface area contributed by atoms with E-state index in [1.165, 1.54) is 70.0 Å². The maximum absolute atomic E-state index is 16.3. The van der Waals surface area contributed by atoms with Gasteiger partial charge in [-0.1, -0.05) is 140 Å². The van der Waals surface area contributed by atoms with Gasteiger partial charge in [-0.3, -0.25) is 4.79 Å². The summed E-state index contributed by atoms with van der Waals surface area (Å²) >= 11 is 0. The Kier molecular flexibility index (Phi) is 14.2. The van der Waals surface area contributed by atoms with E-state index in [1.807, 2.05) is 12.1 Å². The van der Waals surface area contributed by atoms with Gasteiger partial charge in [-0.2, -0.15) is 0 Å². The van der Waals surface area contributed by atoms with Crippen LogP contribution >= 0.6 is 0 Å². The lowest BCUT2D eigenvalue weighted by molar-refractivity contribution is -0.210. The van der Waals surface area contributed by atoms with Crippen LogP contribution in [0, 0.1) is 35.0 Å². The minimum absolute atomic E-state index is 0.00839. The molecular formula is C81H82O11. The second kappa shape index (κ2) is 22.4. The van der Waals surface area contributed by atoms with Gasteiger partial charge in [0.2, 0.25) is 0 Å². The molecule has 1 saturated heterocycles. The lowest BCUT2D eigenvalue weighted by Crippen LogP contribution is -2.64. The molecule has 3 N–H and O–H groups in total. The van der Waals surface area contributed by atoms with E-state index in [0.29, 0.717) is 65.4 Å². The number of aliphatic hydroxyl groups is 3. The molecule has 3 fully saturated rings. The number of aliphatic hydroxyl groups excluding tert-OH is 3. The molecule has 0 radical (unpaired) electrons. The highest BCUT2D eigenvalue weighted by Gasteiger charge is 2.70. The molecule has 472 valence electrons. The second-order valence-electron chi connectivity index (χ2n) is 29.2. The molecular weight excluding hydrogens is 1150 g/mol. The number of carbonyl (C=O) groups excluding carboxylic acids is 2. The molecule has 1 aromatic heterocycles. The van der Waals surface area contributed by atoms with Crippen molar-refractivity contribution < 1.29 is 48.3 Å². The van der Waals surface area contributed by atoms with Gasteiger partial charge >= 0.3 is 17.6 Å². The quantitative estimate of drug-likeness (QED) is 0.0576. The first-order valence-electron chi connectivity index (χ1n) is 34.4. The fraction of sp³-hybridized carbons (Fsp3) is 0.444. The molecule has 6 aromatic rings. The van der Waals surface area contributed by atoms with E-state index >= 15 is 9.59 Å². The standard InChI is InChI=1S/C81H82O11/c1-45(42-83)62-37-50-18-19-51-41-79-33-9-34-80(70(79)40-64-57-14-5-3-10-46(57)23-30-67(64)79)76(91-77(62)86)75(73-69(92-80)31-29-61-65(43-84)72(78(87)90-74(61)73)52(32-35-82)44-88-2)89-71(85)39-53-36-48(21-26-56(53)49-22-27-59(50)63(51)38-49)58-15-8-17-68-60(58)28-25-55-13-7-12-54-24-20-47-11-4-6-16-66(47)81(54,55)68/h3-6,8-11,14-17,20-24,26-27,29-31,33,38,48,50-56,64,67,70,75-76,82-84H,7,12-13,18-19,25,28,32,34-37,39-44H2,1-2H3. The Labute approximate surface area is 537 Å². The van der Waals surface area contributed by atoms with E-state index in [4.69, 9.17) is 23.4 Å². The molecule has 2 spiro atoms. The van der Waals surface area contributed by atoms with Crippen molar-refractivity contribution in [3.05, 3.63) is 227 Å². The SMILES string of the molecule is COCC(CCO)c1c(CO)c2ccc3c(c2oc1=O)C1OC(=O)CC2CC(c4cccc5c4CCC4CCCC6C=Cc7ccccc7C564)C=CC2c2ccc4c(c2)C2CCC4CC(=C(C)CO)C(=O)OC1C1(CC=CC4(C2)C2C=Cc5ccccc5C2CC41)O3. The first-order chi connectivity index (χ1) is 45.0. The van der Waals surface area contributed by atoms with Crippen LogP contribution < -0.4 is 10.4 Å². The van der Waals surface area contributed by atoms with Gasteiger partial charge < -0.3 is 38.7 Å². The molecule has 16 unspecified atom stereocenters. The minimum atomic E-state index is -1.38. The van der Waals surface area contributed by atoms with E-state index < -0.39 is 53.3 Å². The topological polar surface area (TPSA) is 162 Å². The van der Waals surface area contributed by atoms with Crippen LogP contribution in [0.25, 0.3) is 23.1 Å². The predicted octanol–water partition coefficient (Wildman–Crippen LogP) is 14.7. The van der Waals surface area contributed by atoms with Crippen LogP contribution in [-0.2, 0) is 42.2 Å². The number of fused-ring (bicyclic) bond motifs is 16. The third kappa shape index (κ3) is 8.55. The average molecular weight is 1230 g/mol. The Hall–Kier alpha value is -7.41. The first kappa shape index (κ1) is 58.4. The Bertz CT molecular complexity index is 4250. The van der Waals surface area contributed by atoms with Crippen LogP contribution in [0.2, 0.25) is 0 Å². The number of allylic oxidation sites excluding steroid dienone is 5. The Balaban J connectivity index is 0.887. The van der Waals surface area contributed by atoms with Crippen LogP contribution in [0.4, 0.5) is 0 Å². The maximum Gasteiger partial charge on any atom is 0.340 e. The van der Waals surface area contributed by atoms with Crippen LogP contribution in [0.15, 0.2) is 154 Å². The maximum atomic E-state index is 16.3. The summed E-state index contributed by atoms with van der Waals surface area (Å²) in [6, 6.07) is 35.7. The summed E-state index contributed by atoms with van der Waals surface area (Å²) in [6.45, 7) is 0.751. The third-order valence-corrected chi connectivity index (χ3v) is 25.3. The molecule has 18 rings (SSSR count). The zero-order chi connectivity index (χ0) is 62.4. The molecule has 8 aliphatic carbocycles. The van der Waals surface area contributed by atoms with E-state index in [9.17, 15) is 20.1 Å². The van der Waals surface area contributed by atoms with E-state index in [0.717, 1.165) is 44.1 Å². The predicted molar refractivity (Wildman–Crippen MR) is 352 cm³/mol. The van der Waals surface area contributed by atoms with Gasteiger partial charge in [0, 0.05) is 77.6 Å². The molecule has 2 saturated carbocycles. The lowest BCUT2D eigenvalue weighted by atomic mass is 9.48. The third-order valence-electron chi connectivity index (χ3n) is 25.3. The summed E-state index contributed by atoms with van der Waals surface area (Å²) in [4.78, 5) is 47.3. The highest BCUT2D eigenvalue weighted by atomic mass is 16.6. The smallest absolute Gasteiger partial charge is 0.340 e. The number of methoxy groups -OCH3 is 1. The highest BCUT2D eigenvalue weighted by molar-refractivity contribution is 5.91. The summed E-state index contributed by atoms with van der Waals surface area (Å²) in [5.41, 5.74) is 12.2. The van der Waals surface area contributed by atoms with Crippen LogP contribution in [0.3, 0.4) is 0 Å². The van der Waals surface area contributed by atoms with Gasteiger partial charge in [0.05, 0.1) is 25.4 Å². The van der Waals surface area contributed by atoms with Gasteiger partial charge in [0.25, 0.3) is 0 Å². The van der Waals surface area contributed by atoms with Crippen LogP contribution in [0.1, 0.15) is 204 Å². The number of benzene rings is 5. The van der Waals surface area contributed by atoms with Gasteiger partial charge in [0.15, 0.2) is 17.8 Å². The van der Waals surface area contributed by atoms with Crippen LogP contribution in [-0.4, -0.2) is 65.9 Å². The fourth-order valence-corrected chi connectivity index (χ4v) is 21.6. The fourth-order valence-electron chi connectivity index (χ4n) is 21.6. The van der Waals surface area contributed by atoms with Gasteiger partial charge in [-0.25, -0.2) is 9.59 Å². The Morgan fingerprint density at radius 1 is 0.772 bits per heavy atom. The number of hydrogen-bond donors (Lipinski definition) is 3. The number of hydrogen-bond acceptors (Lipinski definition) is 11. The summed E-state index contributed by atoms with van der Waals surface area (Å²) < 4.78 is 34.8. The van der Waals surface area contributed by atoms with Crippen molar-refractivity contribution in [1.29, 1.82) is 0 Å². The zero-order valence-corrected chi connectivity index (χ0v) is 52.7. The molecule has 0 amide bonds.